The van der Waals surface area contributed by atoms with Crippen LogP contribution < -0.4 is 10.6 Å². The van der Waals surface area contributed by atoms with Gasteiger partial charge in [0, 0.05) is 18.8 Å². The van der Waals surface area contributed by atoms with Crippen molar-refractivity contribution in [2.45, 2.75) is 13.0 Å². The van der Waals surface area contributed by atoms with E-state index in [0.29, 0.717) is 11.7 Å². The number of hydrogen-bond donors (Lipinski definition) is 2. The van der Waals surface area contributed by atoms with Gasteiger partial charge in [0.25, 0.3) is 0 Å². The molecule has 17 heavy (non-hydrogen) atoms. The molecule has 0 spiro atoms. The maximum atomic E-state index is 10.9. The number of benzene rings is 1. The molecule has 0 aliphatic carbocycles. The predicted molar refractivity (Wildman–Crippen MR) is 74.1 cm³/mol. The van der Waals surface area contributed by atoms with Gasteiger partial charge in [0.05, 0.1) is 16.9 Å². The molecule has 0 saturated carbocycles. The molecule has 0 heterocycles. The van der Waals surface area contributed by atoms with Crippen molar-refractivity contribution in [3.05, 3.63) is 23.8 Å². The van der Waals surface area contributed by atoms with Gasteiger partial charge in [-0.1, -0.05) is 0 Å². The third kappa shape index (κ3) is 3.30. The molecule has 0 aliphatic heterocycles. The normalized spacial score (nSPS) is 12.2. The molecule has 0 radical (unpaired) electrons. The largest absolute Gasteiger partial charge is 0.478 e. The van der Waals surface area contributed by atoms with Gasteiger partial charge < -0.3 is 15.7 Å². The molecule has 1 rings (SSSR count). The third-order valence-corrected chi connectivity index (χ3v) is 3.54. The van der Waals surface area contributed by atoms with Crippen LogP contribution in [0, 0.1) is 0 Å². The van der Waals surface area contributed by atoms with Gasteiger partial charge in [0.2, 0.25) is 0 Å². The van der Waals surface area contributed by atoms with Gasteiger partial charge in [-0.3, -0.25) is 0 Å². The van der Waals surface area contributed by atoms with Crippen molar-refractivity contribution >= 4 is 29.1 Å². The van der Waals surface area contributed by atoms with E-state index in [0.717, 1.165) is 11.4 Å². The summed E-state index contributed by atoms with van der Waals surface area (Å²) in [6.45, 7) is 2.09. The summed E-state index contributed by atoms with van der Waals surface area (Å²) < 4.78 is 0. The number of hydrogen-bond acceptors (Lipinski definition) is 4. The molecule has 0 fully saturated rings. The van der Waals surface area contributed by atoms with Crippen molar-refractivity contribution in [1.29, 1.82) is 0 Å². The fourth-order valence-corrected chi connectivity index (χ4v) is 2.28. The smallest absolute Gasteiger partial charge is 0.335 e. The predicted octanol–water partition coefficient (Wildman–Crippen LogP) is 2.15. The summed E-state index contributed by atoms with van der Waals surface area (Å²) >= 11 is 1.75. The van der Waals surface area contributed by atoms with Crippen LogP contribution in [0.1, 0.15) is 17.3 Å². The Balaban J connectivity index is 3.03. The van der Waals surface area contributed by atoms with Crippen LogP contribution in [0.3, 0.4) is 0 Å². The molecule has 4 nitrogen and oxygen atoms in total. The SMILES string of the molecule is CSCC(C)N(C)c1cc(C(=O)O)ccc1N. The number of nitrogen functional groups attached to an aromatic ring is 1. The summed E-state index contributed by atoms with van der Waals surface area (Å²) in [5, 5.41) is 8.96. The molecule has 3 N–H and O–H groups in total. The van der Waals surface area contributed by atoms with E-state index >= 15 is 0 Å². The first-order valence-electron chi connectivity index (χ1n) is 5.32. The van der Waals surface area contributed by atoms with E-state index in [1.54, 1.807) is 23.9 Å². The highest BCUT2D eigenvalue weighted by molar-refractivity contribution is 7.98. The first-order valence-corrected chi connectivity index (χ1v) is 6.71. The lowest BCUT2D eigenvalue weighted by molar-refractivity contribution is 0.0697. The van der Waals surface area contributed by atoms with Crippen molar-refractivity contribution in [2.24, 2.45) is 0 Å². The number of carbonyl (C=O) groups is 1. The Labute approximate surface area is 106 Å². The molecule has 5 heteroatoms. The minimum atomic E-state index is -0.933. The van der Waals surface area contributed by atoms with Gasteiger partial charge in [0.15, 0.2) is 0 Å². The van der Waals surface area contributed by atoms with Crippen LogP contribution in [0.4, 0.5) is 11.4 Å². The number of rotatable bonds is 5. The van der Waals surface area contributed by atoms with Crippen molar-refractivity contribution in [3.63, 3.8) is 0 Å². The van der Waals surface area contributed by atoms with Crippen LogP contribution in [0.2, 0.25) is 0 Å². The molecule has 1 aromatic rings. The van der Waals surface area contributed by atoms with Crippen LogP contribution in [0.15, 0.2) is 18.2 Å². The van der Waals surface area contributed by atoms with Crippen molar-refractivity contribution in [2.75, 3.05) is 29.7 Å². The van der Waals surface area contributed by atoms with E-state index < -0.39 is 5.97 Å². The molecule has 0 amide bonds. The zero-order chi connectivity index (χ0) is 13.0. The van der Waals surface area contributed by atoms with Crippen LogP contribution in [0.5, 0.6) is 0 Å². The molecule has 0 saturated heterocycles. The van der Waals surface area contributed by atoms with Crippen molar-refractivity contribution in [1.82, 2.24) is 0 Å². The maximum Gasteiger partial charge on any atom is 0.335 e. The highest BCUT2D eigenvalue weighted by Gasteiger charge is 2.14. The summed E-state index contributed by atoms with van der Waals surface area (Å²) in [5.41, 5.74) is 7.52. The fourth-order valence-electron chi connectivity index (χ4n) is 1.57. The quantitative estimate of drug-likeness (QED) is 0.788. The number of thioether (sulfide) groups is 1. The van der Waals surface area contributed by atoms with E-state index in [4.69, 9.17) is 10.8 Å². The Kier molecular flexibility index (Phi) is 4.69. The Morgan fingerprint density at radius 2 is 2.24 bits per heavy atom. The minimum absolute atomic E-state index is 0.261. The van der Waals surface area contributed by atoms with Gasteiger partial charge in [-0.15, -0.1) is 0 Å². The van der Waals surface area contributed by atoms with Crippen LogP contribution >= 0.6 is 11.8 Å². The molecular formula is C12H18N2O2S. The number of nitrogens with two attached hydrogens (primary N) is 1. The van der Waals surface area contributed by atoms with Crippen LogP contribution in [0.25, 0.3) is 0 Å². The Morgan fingerprint density at radius 1 is 1.59 bits per heavy atom. The molecule has 1 aromatic carbocycles. The third-order valence-electron chi connectivity index (χ3n) is 2.73. The summed E-state index contributed by atoms with van der Waals surface area (Å²) in [6, 6.07) is 5.08. The Bertz CT molecular complexity index is 409. The van der Waals surface area contributed by atoms with Crippen molar-refractivity contribution < 1.29 is 9.90 Å². The highest BCUT2D eigenvalue weighted by atomic mass is 32.2. The summed E-state index contributed by atoms with van der Waals surface area (Å²) in [4.78, 5) is 12.9. The molecule has 94 valence electrons. The number of carboxylic acid groups (broad SMARTS) is 1. The lowest BCUT2D eigenvalue weighted by Gasteiger charge is -2.28. The maximum absolute atomic E-state index is 10.9. The summed E-state index contributed by atoms with van der Waals surface area (Å²) in [7, 11) is 1.93. The lowest BCUT2D eigenvalue weighted by Crippen LogP contribution is -2.31. The second-order valence-corrected chi connectivity index (χ2v) is 4.90. The molecule has 0 aromatic heterocycles. The van der Waals surface area contributed by atoms with Crippen LogP contribution in [-0.4, -0.2) is 36.2 Å². The molecule has 0 aliphatic rings. The summed E-state index contributed by atoms with van der Waals surface area (Å²) in [5.74, 6) is 0.0323. The average Bonchev–Trinajstić information content (AvgIpc) is 2.28. The van der Waals surface area contributed by atoms with Gasteiger partial charge >= 0.3 is 5.97 Å². The van der Waals surface area contributed by atoms with Gasteiger partial charge in [-0.25, -0.2) is 4.79 Å². The monoisotopic (exact) mass is 254 g/mol. The fraction of sp³-hybridized carbons (Fsp3) is 0.417. The standard InChI is InChI=1S/C12H18N2O2S/c1-8(7-17-3)14(2)11-6-9(12(15)16)4-5-10(11)13/h4-6,8H,7,13H2,1-3H3,(H,15,16). The second-order valence-electron chi connectivity index (χ2n) is 3.99. The highest BCUT2D eigenvalue weighted by Crippen LogP contribution is 2.25. The van der Waals surface area contributed by atoms with E-state index in [2.05, 4.69) is 6.92 Å². The Morgan fingerprint density at radius 3 is 2.76 bits per heavy atom. The average molecular weight is 254 g/mol. The van der Waals surface area contributed by atoms with Gasteiger partial charge in [-0.2, -0.15) is 11.8 Å². The number of anilines is 2. The molecule has 0 bridgehead atoms. The number of aromatic carboxylic acids is 1. The summed E-state index contributed by atoms with van der Waals surface area (Å²) in [6.07, 6.45) is 2.04. The van der Waals surface area contributed by atoms with Crippen LogP contribution in [-0.2, 0) is 0 Å². The van der Waals surface area contributed by atoms with Crippen molar-refractivity contribution in [3.8, 4) is 0 Å². The van der Waals surface area contributed by atoms with Gasteiger partial charge in [0.1, 0.15) is 0 Å². The van der Waals surface area contributed by atoms with E-state index in [-0.39, 0.29) is 5.56 Å². The molecule has 1 atom stereocenters. The molecular weight excluding hydrogens is 236 g/mol. The topological polar surface area (TPSA) is 66.6 Å². The zero-order valence-corrected chi connectivity index (χ0v) is 11.1. The second kappa shape index (κ2) is 5.82. The first kappa shape index (κ1) is 13.7. The minimum Gasteiger partial charge on any atom is -0.478 e. The molecule has 1 unspecified atom stereocenters. The number of nitrogens with zero attached hydrogens (tertiary/aromatic N) is 1. The Hall–Kier alpha value is -1.36. The van der Waals surface area contributed by atoms with E-state index in [9.17, 15) is 4.79 Å². The van der Waals surface area contributed by atoms with E-state index in [1.165, 1.54) is 6.07 Å². The lowest BCUT2D eigenvalue weighted by atomic mass is 10.1. The first-order chi connectivity index (χ1) is 7.97. The zero-order valence-electron chi connectivity index (χ0n) is 10.3. The van der Waals surface area contributed by atoms with E-state index in [1.807, 2.05) is 18.2 Å². The van der Waals surface area contributed by atoms with Gasteiger partial charge in [-0.05, 0) is 31.4 Å². The number of carboxylic acids is 1.